The highest BCUT2D eigenvalue weighted by atomic mass is 79.9. The highest BCUT2D eigenvalue weighted by molar-refractivity contribution is 9.10. The number of aliphatic hydroxyl groups is 1. The standard InChI is InChI=1S/C19H19BrN2O5/c20-15-3-1-14(2-4-15)19(23)5-7-21(8-6-19)11-13-9-17-18(27-12-26-17)10-16(13)22(24)25/h1-4,9-10,23H,5-8,11-12H2. The van der Waals surface area contributed by atoms with Crippen molar-refractivity contribution in [3.05, 3.63) is 62.1 Å². The third kappa shape index (κ3) is 3.65. The van der Waals surface area contributed by atoms with Crippen LogP contribution in [0.1, 0.15) is 24.0 Å². The van der Waals surface area contributed by atoms with E-state index < -0.39 is 5.60 Å². The summed E-state index contributed by atoms with van der Waals surface area (Å²) in [5, 5.41) is 22.4. The van der Waals surface area contributed by atoms with Crippen molar-refractivity contribution in [3.8, 4) is 11.5 Å². The molecule has 0 amide bonds. The third-order valence-corrected chi connectivity index (χ3v) is 5.76. The minimum Gasteiger partial charge on any atom is -0.454 e. The molecule has 0 aliphatic carbocycles. The van der Waals surface area contributed by atoms with Gasteiger partial charge in [0, 0.05) is 29.7 Å². The molecule has 4 rings (SSSR count). The molecule has 8 heteroatoms. The maximum absolute atomic E-state index is 11.4. The summed E-state index contributed by atoms with van der Waals surface area (Å²) in [5.74, 6) is 0.952. The van der Waals surface area contributed by atoms with E-state index in [9.17, 15) is 15.2 Å². The van der Waals surface area contributed by atoms with Crippen molar-refractivity contribution < 1.29 is 19.5 Å². The molecule has 27 heavy (non-hydrogen) atoms. The van der Waals surface area contributed by atoms with Gasteiger partial charge in [-0.05, 0) is 36.6 Å². The van der Waals surface area contributed by atoms with Crippen LogP contribution >= 0.6 is 15.9 Å². The molecule has 7 nitrogen and oxygen atoms in total. The Bertz CT molecular complexity index is 863. The summed E-state index contributed by atoms with van der Waals surface area (Å²) in [5.41, 5.74) is 0.670. The van der Waals surface area contributed by atoms with Gasteiger partial charge in [-0.2, -0.15) is 0 Å². The van der Waals surface area contributed by atoms with E-state index in [4.69, 9.17) is 9.47 Å². The zero-order valence-corrected chi connectivity index (χ0v) is 16.1. The van der Waals surface area contributed by atoms with Gasteiger partial charge in [-0.25, -0.2) is 0 Å². The summed E-state index contributed by atoms with van der Waals surface area (Å²) >= 11 is 3.41. The number of likely N-dealkylation sites (tertiary alicyclic amines) is 1. The lowest BCUT2D eigenvalue weighted by Gasteiger charge is -2.38. The van der Waals surface area contributed by atoms with E-state index in [1.165, 1.54) is 6.07 Å². The summed E-state index contributed by atoms with van der Waals surface area (Å²) in [6.45, 7) is 1.82. The molecule has 1 saturated heterocycles. The van der Waals surface area contributed by atoms with E-state index in [0.29, 0.717) is 49.5 Å². The molecule has 0 aromatic heterocycles. The minimum absolute atomic E-state index is 0.0352. The third-order valence-electron chi connectivity index (χ3n) is 5.23. The Hall–Kier alpha value is -2.16. The number of piperidine rings is 1. The smallest absolute Gasteiger partial charge is 0.277 e. The fourth-order valence-electron chi connectivity index (χ4n) is 3.64. The summed E-state index contributed by atoms with van der Waals surface area (Å²) in [6, 6.07) is 10.8. The van der Waals surface area contributed by atoms with Crippen LogP contribution in [-0.2, 0) is 12.1 Å². The summed E-state index contributed by atoms with van der Waals surface area (Å²) in [4.78, 5) is 13.2. The monoisotopic (exact) mass is 434 g/mol. The molecule has 2 aliphatic rings. The average molecular weight is 435 g/mol. The van der Waals surface area contributed by atoms with Crippen molar-refractivity contribution >= 4 is 21.6 Å². The van der Waals surface area contributed by atoms with E-state index in [0.717, 1.165) is 10.0 Å². The Labute approximate surface area is 164 Å². The molecule has 1 N–H and O–H groups in total. The van der Waals surface area contributed by atoms with Gasteiger partial charge in [-0.15, -0.1) is 0 Å². The Kier molecular flexibility index (Phi) is 4.79. The van der Waals surface area contributed by atoms with Gasteiger partial charge in [0.1, 0.15) is 0 Å². The van der Waals surface area contributed by atoms with Crippen LogP contribution in [0.4, 0.5) is 5.69 Å². The largest absolute Gasteiger partial charge is 0.454 e. The van der Waals surface area contributed by atoms with Crippen LogP contribution in [0.3, 0.4) is 0 Å². The van der Waals surface area contributed by atoms with Crippen LogP contribution in [-0.4, -0.2) is 34.8 Å². The number of hydrogen-bond donors (Lipinski definition) is 1. The van der Waals surface area contributed by atoms with Crippen LogP contribution in [0.15, 0.2) is 40.9 Å². The van der Waals surface area contributed by atoms with Crippen LogP contribution in [0.25, 0.3) is 0 Å². The van der Waals surface area contributed by atoms with Crippen LogP contribution in [0.2, 0.25) is 0 Å². The lowest BCUT2D eigenvalue weighted by molar-refractivity contribution is -0.385. The first-order valence-electron chi connectivity index (χ1n) is 8.72. The molecular formula is C19H19BrN2O5. The Morgan fingerprint density at radius 3 is 2.41 bits per heavy atom. The van der Waals surface area contributed by atoms with Crippen LogP contribution < -0.4 is 9.47 Å². The van der Waals surface area contributed by atoms with Crippen molar-refractivity contribution in [2.24, 2.45) is 0 Å². The van der Waals surface area contributed by atoms with Gasteiger partial charge in [-0.3, -0.25) is 15.0 Å². The quantitative estimate of drug-likeness (QED) is 0.584. The topological polar surface area (TPSA) is 85.1 Å². The van der Waals surface area contributed by atoms with Gasteiger partial charge < -0.3 is 14.6 Å². The molecule has 0 radical (unpaired) electrons. The Morgan fingerprint density at radius 1 is 1.15 bits per heavy atom. The Morgan fingerprint density at radius 2 is 1.78 bits per heavy atom. The molecule has 2 aromatic carbocycles. The van der Waals surface area contributed by atoms with Gasteiger partial charge in [0.25, 0.3) is 5.69 Å². The average Bonchev–Trinajstić information content (AvgIpc) is 3.11. The number of ether oxygens (including phenoxy) is 2. The fraction of sp³-hybridized carbons (Fsp3) is 0.368. The van der Waals surface area contributed by atoms with Crippen molar-refractivity contribution in [2.45, 2.75) is 25.0 Å². The molecule has 2 aromatic rings. The summed E-state index contributed by atoms with van der Waals surface area (Å²) < 4.78 is 11.6. The van der Waals surface area contributed by atoms with E-state index in [-0.39, 0.29) is 17.4 Å². The molecular weight excluding hydrogens is 416 g/mol. The SMILES string of the molecule is O=[N+]([O-])c1cc2c(cc1CN1CCC(O)(c3ccc(Br)cc3)CC1)OCO2. The molecule has 0 unspecified atom stereocenters. The number of fused-ring (bicyclic) bond motifs is 1. The zero-order valence-electron chi connectivity index (χ0n) is 14.6. The number of nitrogens with zero attached hydrogens (tertiary/aromatic N) is 2. The molecule has 0 spiro atoms. The van der Waals surface area contributed by atoms with Gasteiger partial charge >= 0.3 is 0 Å². The van der Waals surface area contributed by atoms with E-state index >= 15 is 0 Å². The lowest BCUT2D eigenvalue weighted by atomic mass is 9.84. The molecule has 0 atom stereocenters. The number of halogens is 1. The second-order valence-electron chi connectivity index (χ2n) is 6.91. The first-order chi connectivity index (χ1) is 12.9. The molecule has 142 valence electrons. The van der Waals surface area contributed by atoms with E-state index in [1.54, 1.807) is 6.07 Å². The first-order valence-corrected chi connectivity index (χ1v) is 9.52. The highest BCUT2D eigenvalue weighted by Gasteiger charge is 2.34. The van der Waals surface area contributed by atoms with Crippen molar-refractivity contribution in [3.63, 3.8) is 0 Å². The maximum atomic E-state index is 11.4. The normalized spacial score (nSPS) is 18.4. The number of nitro benzene ring substituents is 1. The first kappa shape index (κ1) is 18.2. The van der Waals surface area contributed by atoms with Crippen molar-refractivity contribution in [1.29, 1.82) is 0 Å². The summed E-state index contributed by atoms with van der Waals surface area (Å²) in [7, 11) is 0. The number of hydrogen-bond acceptors (Lipinski definition) is 6. The van der Waals surface area contributed by atoms with Gasteiger partial charge in [0.15, 0.2) is 11.5 Å². The molecule has 1 fully saturated rings. The molecule has 0 saturated carbocycles. The van der Waals surface area contributed by atoms with Gasteiger partial charge in [0.05, 0.1) is 16.6 Å². The van der Waals surface area contributed by atoms with E-state index in [2.05, 4.69) is 20.8 Å². The van der Waals surface area contributed by atoms with Gasteiger partial charge in [0.2, 0.25) is 6.79 Å². The van der Waals surface area contributed by atoms with Crippen molar-refractivity contribution in [1.82, 2.24) is 4.90 Å². The summed E-state index contributed by atoms with van der Waals surface area (Å²) in [6.07, 6.45) is 1.15. The second kappa shape index (κ2) is 7.10. The molecule has 0 bridgehead atoms. The fourth-order valence-corrected chi connectivity index (χ4v) is 3.91. The number of benzene rings is 2. The predicted octanol–water partition coefficient (Wildman–Crippen LogP) is 3.57. The van der Waals surface area contributed by atoms with Gasteiger partial charge in [-0.1, -0.05) is 28.1 Å². The molecule has 2 heterocycles. The molecule has 2 aliphatic heterocycles. The highest BCUT2D eigenvalue weighted by Crippen LogP contribution is 2.39. The second-order valence-corrected chi connectivity index (χ2v) is 7.82. The maximum Gasteiger partial charge on any atom is 0.277 e. The zero-order chi connectivity index (χ0) is 19.0. The number of nitro groups is 1. The van der Waals surface area contributed by atoms with Crippen LogP contribution in [0, 0.1) is 10.1 Å². The Balaban J connectivity index is 1.48. The van der Waals surface area contributed by atoms with E-state index in [1.807, 2.05) is 24.3 Å². The van der Waals surface area contributed by atoms with Crippen LogP contribution in [0.5, 0.6) is 11.5 Å². The lowest BCUT2D eigenvalue weighted by Crippen LogP contribution is -2.42. The van der Waals surface area contributed by atoms with Crippen molar-refractivity contribution in [2.75, 3.05) is 19.9 Å². The predicted molar refractivity (Wildman–Crippen MR) is 102 cm³/mol. The minimum atomic E-state index is -0.863. The number of rotatable bonds is 4.